The van der Waals surface area contributed by atoms with Crippen LogP contribution >= 0.6 is 0 Å². The molecular formula is C19H25N3O4. The van der Waals surface area contributed by atoms with Crippen molar-refractivity contribution in [3.05, 3.63) is 35.9 Å². The maximum Gasteiger partial charge on any atom is 0.289 e. The lowest BCUT2D eigenvalue weighted by atomic mass is 10.1. The predicted molar refractivity (Wildman–Crippen MR) is 95.9 cm³/mol. The van der Waals surface area contributed by atoms with Gasteiger partial charge in [0.05, 0.1) is 0 Å². The topological polar surface area (TPSA) is 95.6 Å². The van der Waals surface area contributed by atoms with Gasteiger partial charge in [0.1, 0.15) is 6.04 Å². The SMILES string of the molecule is CC(C)C(=O)NCCNC(=O)C(=O)[C@H]1CCC(=O)N1Cc1ccccc1. The Hall–Kier alpha value is -2.70. The Labute approximate surface area is 153 Å². The Bertz CT molecular complexity index is 673. The number of amides is 3. The average Bonchev–Trinajstić information content (AvgIpc) is 2.99. The van der Waals surface area contributed by atoms with Crippen LogP contribution in [0.4, 0.5) is 0 Å². The Balaban J connectivity index is 1.87. The van der Waals surface area contributed by atoms with Crippen molar-refractivity contribution in [1.29, 1.82) is 0 Å². The van der Waals surface area contributed by atoms with Crippen molar-refractivity contribution >= 4 is 23.5 Å². The number of ketones is 1. The van der Waals surface area contributed by atoms with Crippen LogP contribution in [-0.2, 0) is 25.7 Å². The Morgan fingerprint density at radius 2 is 1.77 bits per heavy atom. The number of carbonyl (C=O) groups is 4. The third-order valence-corrected chi connectivity index (χ3v) is 4.28. The van der Waals surface area contributed by atoms with Gasteiger partial charge in [-0.05, 0) is 12.0 Å². The molecule has 0 saturated carbocycles. The lowest BCUT2D eigenvalue weighted by Gasteiger charge is -2.23. The van der Waals surface area contributed by atoms with Gasteiger partial charge in [-0.3, -0.25) is 19.2 Å². The summed E-state index contributed by atoms with van der Waals surface area (Å²) >= 11 is 0. The van der Waals surface area contributed by atoms with Crippen LogP contribution in [0.3, 0.4) is 0 Å². The van der Waals surface area contributed by atoms with E-state index in [1.54, 1.807) is 13.8 Å². The Kier molecular flexibility index (Phi) is 6.89. The molecule has 1 aromatic carbocycles. The highest BCUT2D eigenvalue weighted by molar-refractivity contribution is 6.38. The summed E-state index contributed by atoms with van der Waals surface area (Å²) in [5.41, 5.74) is 0.914. The number of hydrogen-bond acceptors (Lipinski definition) is 4. The molecule has 0 spiro atoms. The number of benzene rings is 1. The van der Waals surface area contributed by atoms with Crippen LogP contribution in [0.2, 0.25) is 0 Å². The molecule has 2 N–H and O–H groups in total. The van der Waals surface area contributed by atoms with Crippen LogP contribution < -0.4 is 10.6 Å². The van der Waals surface area contributed by atoms with Gasteiger partial charge in [-0.15, -0.1) is 0 Å². The Morgan fingerprint density at radius 1 is 1.12 bits per heavy atom. The molecule has 1 heterocycles. The number of nitrogens with zero attached hydrogens (tertiary/aromatic N) is 1. The van der Waals surface area contributed by atoms with Crippen LogP contribution in [0.1, 0.15) is 32.3 Å². The zero-order valence-electron chi connectivity index (χ0n) is 15.2. The van der Waals surface area contributed by atoms with E-state index in [0.717, 1.165) is 5.56 Å². The first-order chi connectivity index (χ1) is 12.4. The first kappa shape index (κ1) is 19.6. The molecule has 1 fully saturated rings. The quantitative estimate of drug-likeness (QED) is 0.526. The van der Waals surface area contributed by atoms with E-state index in [2.05, 4.69) is 10.6 Å². The number of rotatable bonds is 8. The van der Waals surface area contributed by atoms with Gasteiger partial charge in [-0.25, -0.2) is 0 Å². The first-order valence-corrected chi connectivity index (χ1v) is 8.83. The molecule has 1 atom stereocenters. The van der Waals surface area contributed by atoms with Crippen molar-refractivity contribution in [3.8, 4) is 0 Å². The molecule has 2 rings (SSSR count). The van der Waals surface area contributed by atoms with Crippen molar-refractivity contribution in [2.24, 2.45) is 5.92 Å². The predicted octanol–water partition coefficient (Wildman–Crippen LogP) is 0.635. The zero-order valence-corrected chi connectivity index (χ0v) is 15.2. The van der Waals surface area contributed by atoms with E-state index in [4.69, 9.17) is 0 Å². The molecule has 0 aliphatic carbocycles. The molecule has 1 saturated heterocycles. The van der Waals surface area contributed by atoms with Gasteiger partial charge in [-0.1, -0.05) is 44.2 Å². The number of Topliss-reactive ketones (excluding diaryl/α,β-unsaturated/α-hetero) is 1. The second-order valence-corrected chi connectivity index (χ2v) is 6.63. The van der Waals surface area contributed by atoms with Crippen molar-refractivity contribution in [2.75, 3.05) is 13.1 Å². The van der Waals surface area contributed by atoms with Gasteiger partial charge >= 0.3 is 0 Å². The molecule has 1 aromatic rings. The first-order valence-electron chi connectivity index (χ1n) is 8.83. The lowest BCUT2D eigenvalue weighted by Crippen LogP contribution is -2.46. The molecule has 0 radical (unpaired) electrons. The lowest BCUT2D eigenvalue weighted by molar-refractivity contribution is -0.143. The highest BCUT2D eigenvalue weighted by Crippen LogP contribution is 2.22. The fraction of sp³-hybridized carbons (Fsp3) is 0.474. The van der Waals surface area contributed by atoms with Gasteiger partial charge in [0.25, 0.3) is 5.91 Å². The summed E-state index contributed by atoms with van der Waals surface area (Å²) in [4.78, 5) is 49.6. The van der Waals surface area contributed by atoms with Crippen LogP contribution in [0.15, 0.2) is 30.3 Å². The summed E-state index contributed by atoms with van der Waals surface area (Å²) in [7, 11) is 0. The monoisotopic (exact) mass is 359 g/mol. The standard InChI is InChI=1S/C19H25N3O4/c1-13(2)18(25)20-10-11-21-19(26)17(24)15-8-9-16(23)22(15)12-14-6-4-3-5-7-14/h3-7,13,15H,8-12H2,1-2H3,(H,20,25)(H,21,26)/t15-/m1/s1. The fourth-order valence-electron chi connectivity index (χ4n) is 2.79. The number of nitrogens with one attached hydrogen (secondary N) is 2. The van der Waals surface area contributed by atoms with Crippen LogP contribution in [0.5, 0.6) is 0 Å². The van der Waals surface area contributed by atoms with E-state index < -0.39 is 17.7 Å². The van der Waals surface area contributed by atoms with E-state index >= 15 is 0 Å². The molecule has 0 aromatic heterocycles. The summed E-state index contributed by atoms with van der Waals surface area (Å²) in [6, 6.07) is 8.64. The molecule has 0 unspecified atom stereocenters. The smallest absolute Gasteiger partial charge is 0.289 e. The summed E-state index contributed by atoms with van der Waals surface area (Å²) in [6.45, 7) is 4.29. The largest absolute Gasteiger partial charge is 0.354 e. The second-order valence-electron chi connectivity index (χ2n) is 6.63. The number of carbonyl (C=O) groups excluding carboxylic acids is 4. The summed E-state index contributed by atoms with van der Waals surface area (Å²) in [5.74, 6) is -1.70. The summed E-state index contributed by atoms with van der Waals surface area (Å²) in [5, 5.41) is 5.18. The molecule has 1 aliphatic rings. The maximum atomic E-state index is 12.4. The highest BCUT2D eigenvalue weighted by atomic mass is 16.2. The van der Waals surface area contributed by atoms with E-state index in [1.165, 1.54) is 4.90 Å². The van der Waals surface area contributed by atoms with Crippen LogP contribution in [-0.4, -0.2) is 47.5 Å². The molecule has 140 valence electrons. The molecule has 3 amide bonds. The van der Waals surface area contributed by atoms with Crippen molar-refractivity contribution in [1.82, 2.24) is 15.5 Å². The summed E-state index contributed by atoms with van der Waals surface area (Å²) in [6.07, 6.45) is 0.614. The minimum atomic E-state index is -0.729. The van der Waals surface area contributed by atoms with Gasteiger partial charge in [0.15, 0.2) is 0 Å². The Morgan fingerprint density at radius 3 is 2.42 bits per heavy atom. The third kappa shape index (κ3) is 5.15. The van der Waals surface area contributed by atoms with E-state index in [0.29, 0.717) is 13.0 Å². The van der Waals surface area contributed by atoms with Gasteiger partial charge < -0.3 is 15.5 Å². The third-order valence-electron chi connectivity index (χ3n) is 4.28. The minimum Gasteiger partial charge on any atom is -0.354 e. The molecular weight excluding hydrogens is 334 g/mol. The second kappa shape index (κ2) is 9.12. The molecule has 7 nitrogen and oxygen atoms in total. The van der Waals surface area contributed by atoms with Crippen molar-refractivity contribution in [2.45, 2.75) is 39.3 Å². The number of likely N-dealkylation sites (tertiary alicyclic amines) is 1. The van der Waals surface area contributed by atoms with Crippen molar-refractivity contribution < 1.29 is 19.2 Å². The van der Waals surface area contributed by atoms with Crippen molar-refractivity contribution in [3.63, 3.8) is 0 Å². The van der Waals surface area contributed by atoms with Crippen LogP contribution in [0.25, 0.3) is 0 Å². The summed E-state index contributed by atoms with van der Waals surface area (Å²) < 4.78 is 0. The molecule has 1 aliphatic heterocycles. The van der Waals surface area contributed by atoms with Gasteiger partial charge in [-0.2, -0.15) is 0 Å². The fourth-order valence-corrected chi connectivity index (χ4v) is 2.79. The minimum absolute atomic E-state index is 0.110. The normalized spacial score (nSPS) is 16.7. The average molecular weight is 359 g/mol. The van der Waals surface area contributed by atoms with Crippen LogP contribution in [0, 0.1) is 5.92 Å². The van der Waals surface area contributed by atoms with E-state index in [-0.39, 0.29) is 37.2 Å². The van der Waals surface area contributed by atoms with E-state index in [9.17, 15) is 19.2 Å². The van der Waals surface area contributed by atoms with E-state index in [1.807, 2.05) is 30.3 Å². The highest BCUT2D eigenvalue weighted by Gasteiger charge is 2.38. The maximum absolute atomic E-state index is 12.4. The molecule has 26 heavy (non-hydrogen) atoms. The van der Waals surface area contributed by atoms with Gasteiger partial charge in [0, 0.05) is 32.0 Å². The molecule has 0 bridgehead atoms. The number of hydrogen-bond donors (Lipinski definition) is 2. The zero-order chi connectivity index (χ0) is 19.1. The molecule has 7 heteroatoms. The van der Waals surface area contributed by atoms with Gasteiger partial charge in [0.2, 0.25) is 17.6 Å².